The Bertz CT molecular complexity index is 737. The Hall–Kier alpha value is -2.83. The van der Waals surface area contributed by atoms with Gasteiger partial charge in [0.1, 0.15) is 0 Å². The van der Waals surface area contributed by atoms with Crippen molar-refractivity contribution in [2.75, 3.05) is 18.5 Å². The lowest BCUT2D eigenvalue weighted by molar-refractivity contribution is 0.0526. The third kappa shape index (κ3) is 5.07. The summed E-state index contributed by atoms with van der Waals surface area (Å²) in [7, 11) is 0. The number of hydrogen-bond donors (Lipinski definition) is 2. The molecule has 0 bridgehead atoms. The number of aryl methyl sites for hydroxylation is 2. The van der Waals surface area contributed by atoms with Gasteiger partial charge in [0.15, 0.2) is 0 Å². The maximum absolute atomic E-state index is 12.0. The maximum atomic E-state index is 12.0. The number of carbonyl (C=O) groups excluding carboxylic acids is 2. The Balaban J connectivity index is 1.85. The minimum Gasteiger partial charge on any atom is -0.462 e. The van der Waals surface area contributed by atoms with Crippen LogP contribution in [-0.4, -0.2) is 34.9 Å². The van der Waals surface area contributed by atoms with Gasteiger partial charge < -0.3 is 15.4 Å². The second-order valence-corrected chi connectivity index (χ2v) is 5.85. The molecule has 0 aliphatic rings. The number of carbonyl (C=O) groups is 2. The van der Waals surface area contributed by atoms with Gasteiger partial charge in [-0.2, -0.15) is 5.10 Å². The lowest BCUT2D eigenvalue weighted by Crippen LogP contribution is -2.33. The molecule has 1 aromatic carbocycles. The van der Waals surface area contributed by atoms with E-state index in [1.165, 1.54) is 0 Å². The van der Waals surface area contributed by atoms with E-state index in [1.807, 2.05) is 31.5 Å². The maximum Gasteiger partial charge on any atom is 0.338 e. The summed E-state index contributed by atoms with van der Waals surface area (Å²) in [6.45, 7) is 8.46. The fraction of sp³-hybridized carbons (Fsp3) is 0.389. The third-order valence-corrected chi connectivity index (χ3v) is 3.67. The summed E-state index contributed by atoms with van der Waals surface area (Å²) in [6, 6.07) is 8.30. The van der Waals surface area contributed by atoms with Crippen molar-refractivity contribution in [2.45, 2.75) is 33.7 Å². The summed E-state index contributed by atoms with van der Waals surface area (Å²) in [4.78, 5) is 23.6. The molecule has 2 N–H and O–H groups in total. The van der Waals surface area contributed by atoms with Crippen LogP contribution in [0.2, 0.25) is 0 Å². The van der Waals surface area contributed by atoms with Crippen molar-refractivity contribution >= 4 is 17.7 Å². The Kier molecular flexibility index (Phi) is 6.16. The fourth-order valence-corrected chi connectivity index (χ4v) is 2.50. The van der Waals surface area contributed by atoms with Crippen molar-refractivity contribution in [3.8, 4) is 0 Å². The molecule has 0 spiro atoms. The number of aromatic nitrogens is 2. The van der Waals surface area contributed by atoms with Crippen LogP contribution < -0.4 is 10.6 Å². The molecule has 134 valence electrons. The lowest BCUT2D eigenvalue weighted by atomic mass is 10.2. The smallest absolute Gasteiger partial charge is 0.338 e. The summed E-state index contributed by atoms with van der Waals surface area (Å²) in [6.07, 6.45) is 0. The molecule has 7 nitrogen and oxygen atoms in total. The van der Waals surface area contributed by atoms with Gasteiger partial charge in [-0.25, -0.2) is 9.59 Å². The molecule has 0 aliphatic carbocycles. The van der Waals surface area contributed by atoms with Crippen LogP contribution in [0, 0.1) is 13.8 Å². The van der Waals surface area contributed by atoms with Gasteiger partial charge in [0, 0.05) is 17.9 Å². The molecule has 2 rings (SSSR count). The van der Waals surface area contributed by atoms with Crippen LogP contribution in [0.3, 0.4) is 0 Å². The van der Waals surface area contributed by atoms with Crippen molar-refractivity contribution in [2.24, 2.45) is 0 Å². The number of ether oxygens (including phenoxy) is 1. The highest BCUT2D eigenvalue weighted by molar-refractivity contribution is 5.92. The predicted octanol–water partition coefficient (Wildman–Crippen LogP) is 3.06. The minimum atomic E-state index is -0.378. The number of hydrogen-bond acceptors (Lipinski definition) is 4. The SMILES string of the molecule is CCOC(=O)c1ccc(NC(=O)NCC(C)n2nc(C)cc2C)cc1. The number of nitrogens with zero attached hydrogens (tertiary/aromatic N) is 2. The molecule has 1 atom stereocenters. The van der Waals surface area contributed by atoms with E-state index in [-0.39, 0.29) is 18.0 Å². The summed E-state index contributed by atoms with van der Waals surface area (Å²) in [5.41, 5.74) is 3.06. The second kappa shape index (κ2) is 8.32. The van der Waals surface area contributed by atoms with Crippen LogP contribution in [0.4, 0.5) is 10.5 Å². The molecule has 0 saturated carbocycles. The first kappa shape index (κ1) is 18.5. The van der Waals surface area contributed by atoms with Crippen LogP contribution in [0.5, 0.6) is 0 Å². The van der Waals surface area contributed by atoms with Crippen LogP contribution in [-0.2, 0) is 4.74 Å². The van der Waals surface area contributed by atoms with Crippen molar-refractivity contribution in [3.63, 3.8) is 0 Å². The Morgan fingerprint density at radius 2 is 1.92 bits per heavy atom. The van der Waals surface area contributed by atoms with E-state index in [2.05, 4.69) is 15.7 Å². The zero-order valence-electron chi connectivity index (χ0n) is 15.0. The Labute approximate surface area is 147 Å². The number of esters is 1. The van der Waals surface area contributed by atoms with E-state index in [9.17, 15) is 9.59 Å². The highest BCUT2D eigenvalue weighted by Gasteiger charge is 2.11. The van der Waals surface area contributed by atoms with E-state index in [0.29, 0.717) is 24.4 Å². The number of urea groups is 1. The van der Waals surface area contributed by atoms with Crippen LogP contribution in [0.25, 0.3) is 0 Å². The van der Waals surface area contributed by atoms with Gasteiger partial charge in [0.25, 0.3) is 0 Å². The molecule has 7 heteroatoms. The molecule has 0 fully saturated rings. The standard InChI is InChI=1S/C18H24N4O3/c1-5-25-17(23)15-6-8-16(9-7-15)20-18(24)19-11-14(4)22-13(3)10-12(2)21-22/h6-10,14H,5,11H2,1-4H3,(H2,19,20,24). The van der Waals surface area contributed by atoms with Gasteiger partial charge in [-0.3, -0.25) is 4.68 Å². The van der Waals surface area contributed by atoms with E-state index in [0.717, 1.165) is 11.4 Å². The molecule has 0 saturated heterocycles. The molecule has 1 aromatic heterocycles. The van der Waals surface area contributed by atoms with Gasteiger partial charge in [0.2, 0.25) is 0 Å². The van der Waals surface area contributed by atoms with Crippen molar-refractivity contribution in [1.29, 1.82) is 0 Å². The largest absolute Gasteiger partial charge is 0.462 e. The van der Waals surface area contributed by atoms with E-state index in [4.69, 9.17) is 4.74 Å². The van der Waals surface area contributed by atoms with Crippen LogP contribution >= 0.6 is 0 Å². The topological polar surface area (TPSA) is 85.2 Å². The highest BCUT2D eigenvalue weighted by Crippen LogP contribution is 2.12. The second-order valence-electron chi connectivity index (χ2n) is 5.85. The Morgan fingerprint density at radius 3 is 2.48 bits per heavy atom. The molecule has 0 radical (unpaired) electrons. The summed E-state index contributed by atoms with van der Waals surface area (Å²) in [5.74, 6) is -0.378. The molecule has 1 heterocycles. The van der Waals surface area contributed by atoms with Crippen LogP contribution in [0.15, 0.2) is 30.3 Å². The van der Waals surface area contributed by atoms with E-state index < -0.39 is 0 Å². The number of rotatable bonds is 6. The number of nitrogens with one attached hydrogen (secondary N) is 2. The molecule has 1 unspecified atom stereocenters. The zero-order chi connectivity index (χ0) is 18.4. The molecule has 2 amide bonds. The number of amides is 2. The summed E-state index contributed by atoms with van der Waals surface area (Å²) in [5, 5.41) is 9.97. The molecular weight excluding hydrogens is 320 g/mol. The Morgan fingerprint density at radius 1 is 1.24 bits per heavy atom. The average Bonchev–Trinajstić information content (AvgIpc) is 2.92. The van der Waals surface area contributed by atoms with E-state index in [1.54, 1.807) is 31.2 Å². The monoisotopic (exact) mass is 344 g/mol. The number of benzene rings is 1. The summed E-state index contributed by atoms with van der Waals surface area (Å²) < 4.78 is 6.81. The van der Waals surface area contributed by atoms with Gasteiger partial charge in [0.05, 0.1) is 23.9 Å². The molecule has 0 aliphatic heterocycles. The van der Waals surface area contributed by atoms with E-state index >= 15 is 0 Å². The molecular formula is C18H24N4O3. The minimum absolute atomic E-state index is 0.0469. The average molecular weight is 344 g/mol. The predicted molar refractivity (Wildman–Crippen MR) is 95.8 cm³/mol. The van der Waals surface area contributed by atoms with Crippen molar-refractivity contribution in [3.05, 3.63) is 47.3 Å². The quantitative estimate of drug-likeness (QED) is 0.789. The fourth-order valence-electron chi connectivity index (χ4n) is 2.50. The highest BCUT2D eigenvalue weighted by atomic mass is 16.5. The molecule has 25 heavy (non-hydrogen) atoms. The third-order valence-electron chi connectivity index (χ3n) is 3.67. The van der Waals surface area contributed by atoms with Gasteiger partial charge >= 0.3 is 12.0 Å². The van der Waals surface area contributed by atoms with Gasteiger partial charge in [-0.05, 0) is 58.0 Å². The first-order chi connectivity index (χ1) is 11.9. The van der Waals surface area contributed by atoms with Crippen LogP contribution in [0.1, 0.15) is 41.6 Å². The first-order valence-electron chi connectivity index (χ1n) is 8.25. The lowest BCUT2D eigenvalue weighted by Gasteiger charge is -2.15. The first-order valence-corrected chi connectivity index (χ1v) is 8.25. The van der Waals surface area contributed by atoms with Crippen molar-refractivity contribution in [1.82, 2.24) is 15.1 Å². The zero-order valence-corrected chi connectivity index (χ0v) is 15.0. The normalized spacial score (nSPS) is 11.7. The van der Waals surface area contributed by atoms with Gasteiger partial charge in [-0.1, -0.05) is 0 Å². The molecule has 2 aromatic rings. The van der Waals surface area contributed by atoms with Gasteiger partial charge in [-0.15, -0.1) is 0 Å². The summed E-state index contributed by atoms with van der Waals surface area (Å²) >= 11 is 0. The van der Waals surface area contributed by atoms with Crippen molar-refractivity contribution < 1.29 is 14.3 Å². The number of anilines is 1.